The van der Waals surface area contributed by atoms with E-state index in [1.54, 1.807) is 6.07 Å². The van der Waals surface area contributed by atoms with Gasteiger partial charge in [0.2, 0.25) is 0 Å². The van der Waals surface area contributed by atoms with E-state index in [1.165, 1.54) is 11.3 Å². The van der Waals surface area contributed by atoms with E-state index in [1.807, 2.05) is 48.7 Å². The van der Waals surface area contributed by atoms with Gasteiger partial charge in [0.15, 0.2) is 0 Å². The van der Waals surface area contributed by atoms with Crippen molar-refractivity contribution in [1.82, 2.24) is 10.4 Å². The highest BCUT2D eigenvalue weighted by atomic mass is 32.1. The second-order valence-corrected chi connectivity index (χ2v) is 6.62. The minimum absolute atomic E-state index is 0.163. The number of fused-ring (bicyclic) bond motifs is 1. The van der Waals surface area contributed by atoms with Crippen LogP contribution in [0, 0.1) is 6.92 Å². The normalized spacial score (nSPS) is 11.5. The van der Waals surface area contributed by atoms with Gasteiger partial charge in [-0.15, -0.1) is 11.3 Å². The van der Waals surface area contributed by atoms with Crippen molar-refractivity contribution in [3.63, 3.8) is 0 Å². The number of carboxylic acid groups (broad SMARTS) is 1. The number of aryl methyl sites for hydroxylation is 1. The molecule has 1 amide bonds. The van der Waals surface area contributed by atoms with Gasteiger partial charge in [0.1, 0.15) is 0 Å². The van der Waals surface area contributed by atoms with Gasteiger partial charge in [0, 0.05) is 17.0 Å². The summed E-state index contributed by atoms with van der Waals surface area (Å²) in [4.78, 5) is 28.6. The highest BCUT2D eigenvalue weighted by molar-refractivity contribution is 7.12. The van der Waals surface area contributed by atoms with Crippen molar-refractivity contribution in [3.05, 3.63) is 64.0 Å². The third-order valence-corrected chi connectivity index (χ3v) is 4.67. The van der Waals surface area contributed by atoms with Crippen LogP contribution in [0.4, 0.5) is 0 Å². The van der Waals surface area contributed by atoms with Crippen LogP contribution in [0.2, 0.25) is 0 Å². The molecule has 0 radical (unpaired) electrons. The van der Waals surface area contributed by atoms with Crippen molar-refractivity contribution < 1.29 is 14.7 Å². The largest absolute Gasteiger partial charge is 0.550 e. The molecule has 7 heteroatoms. The first-order chi connectivity index (χ1) is 12.5. The molecule has 0 spiro atoms. The lowest BCUT2D eigenvalue weighted by Gasteiger charge is -2.09. The van der Waals surface area contributed by atoms with E-state index in [4.69, 9.17) is 0 Å². The predicted octanol–water partition coefficient (Wildman–Crippen LogP) is 2.27. The number of carbonyl (C=O) groups excluding carboxylic acids is 2. The molecule has 1 N–H and O–H groups in total. The van der Waals surface area contributed by atoms with E-state index in [0.717, 1.165) is 21.5 Å². The lowest BCUT2D eigenvalue weighted by atomic mass is 10.1. The molecule has 1 aromatic carbocycles. The molecule has 3 aromatic rings. The number of hydrazone groups is 1. The summed E-state index contributed by atoms with van der Waals surface area (Å²) in [6.45, 7) is 1.82. The minimum Gasteiger partial charge on any atom is -0.550 e. The van der Waals surface area contributed by atoms with Crippen molar-refractivity contribution >= 4 is 39.8 Å². The van der Waals surface area contributed by atoms with Crippen LogP contribution in [0.15, 0.2) is 52.9 Å². The number of pyridine rings is 1. The van der Waals surface area contributed by atoms with Crippen molar-refractivity contribution in [3.8, 4) is 0 Å². The first-order valence-corrected chi connectivity index (χ1v) is 8.89. The fraction of sp³-hybridized carbons (Fsp3) is 0.158. The zero-order chi connectivity index (χ0) is 18.5. The van der Waals surface area contributed by atoms with E-state index in [0.29, 0.717) is 11.3 Å². The SMILES string of the molecule is Cc1cc(C(=O)N/N=C(/CCC(=O)[O-])c2cccs2)c2ccccc2n1. The number of aliphatic carboxylic acids is 1. The van der Waals surface area contributed by atoms with Crippen molar-refractivity contribution in [2.45, 2.75) is 19.8 Å². The molecular formula is C19H16N3O3S-. The third-order valence-electron chi connectivity index (χ3n) is 3.75. The molecule has 0 unspecified atom stereocenters. The maximum atomic E-state index is 12.7. The summed E-state index contributed by atoms with van der Waals surface area (Å²) in [5, 5.41) is 17.5. The van der Waals surface area contributed by atoms with Gasteiger partial charge < -0.3 is 9.90 Å². The summed E-state index contributed by atoms with van der Waals surface area (Å²) in [5.41, 5.74) is 4.99. The Hall–Kier alpha value is -3.06. The van der Waals surface area contributed by atoms with Crippen LogP contribution in [-0.4, -0.2) is 22.6 Å². The second-order valence-electron chi connectivity index (χ2n) is 5.68. The Kier molecular flexibility index (Phi) is 5.38. The van der Waals surface area contributed by atoms with Gasteiger partial charge in [0.25, 0.3) is 5.91 Å². The van der Waals surface area contributed by atoms with E-state index in [-0.39, 0.29) is 18.7 Å². The van der Waals surface area contributed by atoms with E-state index < -0.39 is 5.97 Å². The maximum Gasteiger partial charge on any atom is 0.272 e. The third kappa shape index (κ3) is 4.12. The molecule has 6 nitrogen and oxygen atoms in total. The number of para-hydroxylation sites is 1. The topological polar surface area (TPSA) is 94.5 Å². The molecule has 26 heavy (non-hydrogen) atoms. The van der Waals surface area contributed by atoms with E-state index >= 15 is 0 Å². The number of carboxylic acids is 1. The Morgan fingerprint density at radius 2 is 2.00 bits per heavy atom. The molecule has 0 bridgehead atoms. The van der Waals surface area contributed by atoms with Crippen LogP contribution in [0.3, 0.4) is 0 Å². The Bertz CT molecular complexity index is 981. The zero-order valence-electron chi connectivity index (χ0n) is 14.1. The summed E-state index contributed by atoms with van der Waals surface area (Å²) < 4.78 is 0. The maximum absolute atomic E-state index is 12.7. The number of nitrogens with one attached hydrogen (secondary N) is 1. The number of carbonyl (C=O) groups is 2. The summed E-state index contributed by atoms with van der Waals surface area (Å²) in [6, 6.07) is 12.8. The first kappa shape index (κ1) is 17.8. The first-order valence-electron chi connectivity index (χ1n) is 8.01. The Balaban J connectivity index is 1.88. The number of amides is 1. The molecule has 2 heterocycles. The molecule has 0 saturated carbocycles. The fourth-order valence-corrected chi connectivity index (χ4v) is 3.32. The highest BCUT2D eigenvalue weighted by Crippen LogP contribution is 2.18. The zero-order valence-corrected chi connectivity index (χ0v) is 14.9. The minimum atomic E-state index is -1.16. The number of hydrogen-bond acceptors (Lipinski definition) is 6. The van der Waals surface area contributed by atoms with Crippen molar-refractivity contribution in [2.75, 3.05) is 0 Å². The number of hydrogen-bond donors (Lipinski definition) is 1. The van der Waals surface area contributed by atoms with Gasteiger partial charge in [-0.05, 0) is 43.3 Å². The fourth-order valence-electron chi connectivity index (χ4n) is 2.57. The summed E-state index contributed by atoms with van der Waals surface area (Å²) >= 11 is 1.43. The average Bonchev–Trinajstić information content (AvgIpc) is 3.15. The van der Waals surface area contributed by atoms with Crippen LogP contribution < -0.4 is 10.5 Å². The van der Waals surface area contributed by atoms with Gasteiger partial charge in [-0.3, -0.25) is 9.78 Å². The lowest BCUT2D eigenvalue weighted by molar-refractivity contribution is -0.305. The molecule has 3 rings (SSSR count). The average molecular weight is 366 g/mol. The molecule has 0 aliphatic carbocycles. The van der Waals surface area contributed by atoms with Crippen molar-refractivity contribution in [2.24, 2.45) is 5.10 Å². The Labute approximate surface area is 154 Å². The van der Waals surface area contributed by atoms with E-state index in [9.17, 15) is 14.7 Å². The molecule has 0 aliphatic heterocycles. The molecule has 132 valence electrons. The Morgan fingerprint density at radius 3 is 2.73 bits per heavy atom. The van der Waals surface area contributed by atoms with Crippen LogP contribution in [-0.2, 0) is 4.79 Å². The standard InChI is InChI=1S/C19H17N3O3S/c1-12-11-14(13-5-2-3-6-15(13)20-12)19(25)22-21-16(8-9-18(23)24)17-7-4-10-26-17/h2-7,10-11H,8-9H2,1H3,(H,22,25)(H,23,24)/p-1/b21-16-. The molecule has 0 atom stereocenters. The van der Waals surface area contributed by atoms with Gasteiger partial charge in [-0.2, -0.15) is 5.10 Å². The number of rotatable bonds is 6. The number of nitrogens with zero attached hydrogens (tertiary/aromatic N) is 2. The van der Waals surface area contributed by atoms with Crippen molar-refractivity contribution in [1.29, 1.82) is 0 Å². The summed E-state index contributed by atoms with van der Waals surface area (Å²) in [6.07, 6.45) is 0.0170. The second kappa shape index (κ2) is 7.88. The monoisotopic (exact) mass is 366 g/mol. The quantitative estimate of drug-likeness (QED) is 0.535. The molecule has 0 fully saturated rings. The number of benzene rings is 1. The molecule has 2 aromatic heterocycles. The van der Waals surface area contributed by atoms with Gasteiger partial charge in [-0.25, -0.2) is 5.43 Å². The van der Waals surface area contributed by atoms with Gasteiger partial charge >= 0.3 is 0 Å². The van der Waals surface area contributed by atoms with Crippen LogP contribution >= 0.6 is 11.3 Å². The number of aromatic nitrogens is 1. The highest BCUT2D eigenvalue weighted by Gasteiger charge is 2.12. The molecular weight excluding hydrogens is 350 g/mol. The van der Waals surface area contributed by atoms with Gasteiger partial charge in [0.05, 0.1) is 21.7 Å². The van der Waals surface area contributed by atoms with Crippen LogP contribution in [0.1, 0.15) is 33.8 Å². The van der Waals surface area contributed by atoms with E-state index in [2.05, 4.69) is 15.5 Å². The number of thiophene rings is 1. The Morgan fingerprint density at radius 1 is 1.19 bits per heavy atom. The van der Waals surface area contributed by atoms with Gasteiger partial charge in [-0.1, -0.05) is 24.3 Å². The predicted molar refractivity (Wildman–Crippen MR) is 99.0 cm³/mol. The summed E-state index contributed by atoms with van der Waals surface area (Å²) in [5.74, 6) is -1.52. The molecule has 0 saturated heterocycles. The molecule has 0 aliphatic rings. The lowest BCUT2D eigenvalue weighted by Crippen LogP contribution is -2.24. The summed E-state index contributed by atoms with van der Waals surface area (Å²) in [7, 11) is 0. The van der Waals surface area contributed by atoms with Crippen LogP contribution in [0.5, 0.6) is 0 Å². The smallest absolute Gasteiger partial charge is 0.272 e. The van der Waals surface area contributed by atoms with Crippen LogP contribution in [0.25, 0.3) is 10.9 Å².